The molecule has 0 bridgehead atoms. The van der Waals surface area contributed by atoms with Crippen LogP contribution in [0.3, 0.4) is 0 Å². The maximum Gasteiger partial charge on any atom is 0.272 e. The third-order valence-electron chi connectivity index (χ3n) is 2.54. The van der Waals surface area contributed by atoms with Crippen LogP contribution in [0.5, 0.6) is 5.75 Å². The van der Waals surface area contributed by atoms with Crippen LogP contribution in [0.15, 0.2) is 54.9 Å². The number of halogens is 3. The molecule has 0 atom stereocenters. The average Bonchev–Trinajstić information content (AvgIpc) is 2.42. The molecule has 21 heavy (non-hydrogen) atoms. The monoisotopic (exact) mass is 474 g/mol. The molecule has 4 nitrogen and oxygen atoms in total. The third kappa shape index (κ3) is 4.39. The van der Waals surface area contributed by atoms with Crippen molar-refractivity contribution < 1.29 is 9.90 Å². The Balaban J connectivity index is 2.10. The van der Waals surface area contributed by atoms with Crippen molar-refractivity contribution in [2.75, 3.05) is 0 Å². The van der Waals surface area contributed by atoms with E-state index in [1.165, 1.54) is 6.21 Å². The van der Waals surface area contributed by atoms with Gasteiger partial charge in [0.2, 0.25) is 0 Å². The van der Waals surface area contributed by atoms with E-state index in [1.807, 2.05) is 0 Å². The molecular formula is C14H9Br3N2O2. The maximum atomic E-state index is 12.0. The smallest absolute Gasteiger partial charge is 0.272 e. The summed E-state index contributed by atoms with van der Waals surface area (Å²) in [4.78, 5) is 12.0. The largest absolute Gasteiger partial charge is 0.507 e. The molecule has 0 radical (unpaired) electrons. The van der Waals surface area contributed by atoms with Crippen molar-refractivity contribution in [1.82, 2.24) is 5.43 Å². The summed E-state index contributed by atoms with van der Waals surface area (Å²) in [5.74, 6) is -0.263. The summed E-state index contributed by atoms with van der Waals surface area (Å²) in [7, 11) is 0. The Morgan fingerprint density at radius 2 is 1.76 bits per heavy atom. The van der Waals surface area contributed by atoms with Gasteiger partial charge in [0.1, 0.15) is 5.75 Å². The molecule has 0 heterocycles. The number of nitrogens with one attached hydrogen (secondary N) is 1. The van der Waals surface area contributed by atoms with E-state index in [2.05, 4.69) is 58.3 Å². The van der Waals surface area contributed by atoms with E-state index >= 15 is 0 Å². The molecule has 0 saturated heterocycles. The van der Waals surface area contributed by atoms with Crippen LogP contribution in [0.1, 0.15) is 15.9 Å². The molecule has 0 saturated carbocycles. The number of hydrogen-bond acceptors (Lipinski definition) is 3. The number of nitrogens with zero attached hydrogens (tertiary/aromatic N) is 1. The molecule has 0 aliphatic heterocycles. The minimum Gasteiger partial charge on any atom is -0.507 e. The van der Waals surface area contributed by atoms with Crippen molar-refractivity contribution >= 4 is 59.9 Å². The van der Waals surface area contributed by atoms with Gasteiger partial charge in [-0.15, -0.1) is 0 Å². The van der Waals surface area contributed by atoms with Crippen molar-refractivity contribution in [3.63, 3.8) is 0 Å². The Kier molecular flexibility index (Phi) is 5.55. The van der Waals surface area contributed by atoms with Crippen LogP contribution in [0.2, 0.25) is 0 Å². The van der Waals surface area contributed by atoms with Gasteiger partial charge in [-0.3, -0.25) is 4.79 Å². The zero-order valence-electron chi connectivity index (χ0n) is 10.5. The van der Waals surface area contributed by atoms with E-state index in [9.17, 15) is 9.90 Å². The molecule has 0 aliphatic rings. The van der Waals surface area contributed by atoms with Crippen LogP contribution >= 0.6 is 47.8 Å². The SMILES string of the molecule is O=C(N/N=C/c1cc(Br)ccc1O)c1ccc(Br)cc1Br. The van der Waals surface area contributed by atoms with Gasteiger partial charge in [0.25, 0.3) is 5.91 Å². The molecule has 0 spiro atoms. The van der Waals surface area contributed by atoms with Crippen LogP contribution in [-0.4, -0.2) is 17.2 Å². The molecule has 2 N–H and O–H groups in total. The van der Waals surface area contributed by atoms with E-state index in [0.29, 0.717) is 15.6 Å². The summed E-state index contributed by atoms with van der Waals surface area (Å²) in [5.41, 5.74) is 3.38. The second kappa shape index (κ2) is 7.20. The van der Waals surface area contributed by atoms with Crippen molar-refractivity contribution in [3.05, 3.63) is 60.9 Å². The zero-order valence-corrected chi connectivity index (χ0v) is 15.2. The van der Waals surface area contributed by atoms with E-state index < -0.39 is 0 Å². The van der Waals surface area contributed by atoms with E-state index in [0.717, 1.165) is 8.95 Å². The lowest BCUT2D eigenvalue weighted by Gasteiger charge is -2.03. The molecule has 2 aromatic rings. The molecular weight excluding hydrogens is 468 g/mol. The molecule has 2 aromatic carbocycles. The van der Waals surface area contributed by atoms with Gasteiger partial charge in [-0.25, -0.2) is 5.43 Å². The highest BCUT2D eigenvalue weighted by molar-refractivity contribution is 9.11. The summed E-state index contributed by atoms with van der Waals surface area (Å²) >= 11 is 9.94. The van der Waals surface area contributed by atoms with Crippen LogP contribution in [-0.2, 0) is 0 Å². The molecule has 108 valence electrons. The van der Waals surface area contributed by atoms with Crippen molar-refractivity contribution in [2.45, 2.75) is 0 Å². The second-order valence-corrected chi connectivity index (χ2v) is 6.71. The fourth-order valence-electron chi connectivity index (χ4n) is 1.52. The summed E-state index contributed by atoms with van der Waals surface area (Å²) in [5, 5.41) is 13.5. The summed E-state index contributed by atoms with van der Waals surface area (Å²) in [6.07, 6.45) is 1.38. The van der Waals surface area contributed by atoms with Crippen LogP contribution in [0.25, 0.3) is 0 Å². The van der Waals surface area contributed by atoms with Gasteiger partial charge in [-0.1, -0.05) is 31.9 Å². The van der Waals surface area contributed by atoms with E-state index in [-0.39, 0.29) is 11.7 Å². The van der Waals surface area contributed by atoms with E-state index in [4.69, 9.17) is 0 Å². The molecule has 7 heteroatoms. The van der Waals surface area contributed by atoms with Crippen LogP contribution in [0.4, 0.5) is 0 Å². The minimum absolute atomic E-state index is 0.0843. The highest BCUT2D eigenvalue weighted by Gasteiger charge is 2.09. The number of carbonyl (C=O) groups excluding carboxylic acids is 1. The number of phenolic OH excluding ortho intramolecular Hbond substituents is 1. The fraction of sp³-hybridized carbons (Fsp3) is 0. The average molecular weight is 477 g/mol. The normalized spacial score (nSPS) is 10.8. The predicted molar refractivity (Wildman–Crippen MR) is 92.7 cm³/mol. The number of aromatic hydroxyl groups is 1. The number of hydrogen-bond donors (Lipinski definition) is 2. The number of hydrazone groups is 1. The van der Waals surface area contributed by atoms with E-state index in [1.54, 1.807) is 36.4 Å². The van der Waals surface area contributed by atoms with Gasteiger partial charge >= 0.3 is 0 Å². The Morgan fingerprint density at radius 1 is 1.10 bits per heavy atom. The highest BCUT2D eigenvalue weighted by atomic mass is 79.9. The number of benzene rings is 2. The van der Waals surface area contributed by atoms with Crippen molar-refractivity contribution in [1.29, 1.82) is 0 Å². The summed E-state index contributed by atoms with van der Waals surface area (Å²) < 4.78 is 2.34. The lowest BCUT2D eigenvalue weighted by atomic mass is 10.2. The zero-order chi connectivity index (χ0) is 15.4. The lowest BCUT2D eigenvalue weighted by molar-refractivity contribution is 0.0954. The Hall–Kier alpha value is -1.18. The standard InChI is InChI=1S/C14H9Br3N2O2/c15-9-2-4-13(20)8(5-9)7-18-19-14(21)11-3-1-10(16)6-12(11)17/h1-7,20H,(H,19,21)/b18-7+. The Bertz CT molecular complexity index is 717. The first-order valence-electron chi connectivity index (χ1n) is 5.74. The molecule has 0 unspecified atom stereocenters. The minimum atomic E-state index is -0.347. The lowest BCUT2D eigenvalue weighted by Crippen LogP contribution is -2.18. The number of phenols is 1. The van der Waals surface area contributed by atoms with Gasteiger partial charge < -0.3 is 5.11 Å². The Morgan fingerprint density at radius 3 is 2.48 bits per heavy atom. The maximum absolute atomic E-state index is 12.0. The first-order valence-corrected chi connectivity index (χ1v) is 8.12. The predicted octanol–water partition coefficient (Wildman–Crippen LogP) is 4.44. The van der Waals surface area contributed by atoms with Crippen molar-refractivity contribution in [3.8, 4) is 5.75 Å². The fourth-order valence-corrected chi connectivity index (χ4v) is 3.13. The molecule has 2 rings (SSSR count). The quantitative estimate of drug-likeness (QED) is 0.508. The summed E-state index contributed by atoms with van der Waals surface area (Å²) in [6, 6.07) is 10.2. The van der Waals surface area contributed by atoms with Gasteiger partial charge in [0.15, 0.2) is 0 Å². The topological polar surface area (TPSA) is 61.7 Å². The first-order chi connectivity index (χ1) is 9.97. The van der Waals surface area contributed by atoms with Gasteiger partial charge in [-0.2, -0.15) is 5.10 Å². The molecule has 0 aromatic heterocycles. The van der Waals surface area contributed by atoms with Crippen LogP contribution in [0, 0.1) is 0 Å². The van der Waals surface area contributed by atoms with Crippen molar-refractivity contribution in [2.24, 2.45) is 5.10 Å². The number of rotatable bonds is 3. The first kappa shape index (κ1) is 16.2. The summed E-state index contributed by atoms with van der Waals surface area (Å²) in [6.45, 7) is 0. The Labute approximate surface area is 146 Å². The molecule has 1 amide bonds. The van der Waals surface area contributed by atoms with Gasteiger partial charge in [0.05, 0.1) is 11.8 Å². The van der Waals surface area contributed by atoms with Crippen LogP contribution < -0.4 is 5.43 Å². The van der Waals surface area contributed by atoms with Gasteiger partial charge in [0, 0.05) is 19.0 Å². The number of carbonyl (C=O) groups is 1. The molecule has 0 aliphatic carbocycles. The second-order valence-electron chi connectivity index (χ2n) is 4.03. The third-order valence-corrected chi connectivity index (χ3v) is 4.18. The molecule has 0 fully saturated rings. The highest BCUT2D eigenvalue weighted by Crippen LogP contribution is 2.22. The van der Waals surface area contributed by atoms with Gasteiger partial charge in [-0.05, 0) is 52.3 Å². The number of amides is 1.